The van der Waals surface area contributed by atoms with Gasteiger partial charge in [0, 0.05) is 13.2 Å². The molecule has 1 aliphatic rings. The largest absolute Gasteiger partial charge is 0.381 e. The van der Waals surface area contributed by atoms with Crippen molar-refractivity contribution in [2.45, 2.75) is 33.1 Å². The second kappa shape index (κ2) is 9.01. The zero-order chi connectivity index (χ0) is 9.23. The van der Waals surface area contributed by atoms with Crippen molar-refractivity contribution in [1.29, 1.82) is 0 Å². The van der Waals surface area contributed by atoms with Gasteiger partial charge in [-0.3, -0.25) is 0 Å². The molecule has 2 nitrogen and oxygen atoms in total. The highest BCUT2D eigenvalue weighted by atomic mass is 16.5. The fourth-order valence-electron chi connectivity index (χ4n) is 1.24. The smallest absolute Gasteiger partial charge is 0.0469 e. The Bertz CT molecular complexity index is 77.2. The molecule has 1 rings (SSSR count). The summed E-state index contributed by atoms with van der Waals surface area (Å²) in [6.07, 6.45) is 3.72. The normalized spacial score (nSPS) is 18.2. The van der Waals surface area contributed by atoms with Crippen molar-refractivity contribution in [3.8, 4) is 0 Å². The zero-order valence-electron chi connectivity index (χ0n) is 8.73. The lowest BCUT2D eigenvalue weighted by molar-refractivity contribution is 0.0669. The van der Waals surface area contributed by atoms with Gasteiger partial charge in [0.2, 0.25) is 0 Å². The van der Waals surface area contributed by atoms with E-state index in [1.807, 2.05) is 7.05 Å². The molecule has 0 unspecified atom stereocenters. The third-order valence-corrected chi connectivity index (χ3v) is 1.83. The molecule has 0 aromatic carbocycles. The van der Waals surface area contributed by atoms with Crippen LogP contribution in [0.15, 0.2) is 0 Å². The van der Waals surface area contributed by atoms with Crippen molar-refractivity contribution in [3.05, 3.63) is 0 Å². The van der Waals surface area contributed by atoms with Crippen LogP contribution in [0.2, 0.25) is 0 Å². The van der Waals surface area contributed by atoms with Crippen LogP contribution in [0, 0.1) is 5.92 Å². The minimum absolute atomic E-state index is 0.865. The van der Waals surface area contributed by atoms with Gasteiger partial charge in [-0.1, -0.05) is 20.3 Å². The molecule has 74 valence electrons. The van der Waals surface area contributed by atoms with E-state index in [2.05, 4.69) is 19.2 Å². The second-order valence-electron chi connectivity index (χ2n) is 3.32. The summed E-state index contributed by atoms with van der Waals surface area (Å²) >= 11 is 0. The molecule has 0 atom stereocenters. The average Bonchev–Trinajstić information content (AvgIpc) is 2.08. The summed E-state index contributed by atoms with van der Waals surface area (Å²) in [6, 6.07) is 0. The molecule has 0 aliphatic carbocycles. The molecule has 1 N–H and O–H groups in total. The number of rotatable bonds is 2. The molecule has 0 amide bonds. The molecule has 1 heterocycles. The fourth-order valence-corrected chi connectivity index (χ4v) is 1.24. The van der Waals surface area contributed by atoms with Crippen LogP contribution in [0.3, 0.4) is 0 Å². The Kier molecular flexibility index (Phi) is 8.95. The molecule has 12 heavy (non-hydrogen) atoms. The number of hydrogen-bond acceptors (Lipinski definition) is 2. The summed E-state index contributed by atoms with van der Waals surface area (Å²) in [7, 11) is 2.01. The van der Waals surface area contributed by atoms with Crippen molar-refractivity contribution >= 4 is 0 Å². The Hall–Kier alpha value is -0.0800. The first-order valence-corrected chi connectivity index (χ1v) is 5.07. The molecular formula is C10H23NO. The topological polar surface area (TPSA) is 21.3 Å². The minimum Gasteiger partial charge on any atom is -0.381 e. The van der Waals surface area contributed by atoms with E-state index in [1.165, 1.54) is 19.3 Å². The van der Waals surface area contributed by atoms with Gasteiger partial charge in [0.15, 0.2) is 0 Å². The minimum atomic E-state index is 0.865. The van der Waals surface area contributed by atoms with Crippen LogP contribution in [0.5, 0.6) is 0 Å². The molecule has 2 heteroatoms. The highest BCUT2D eigenvalue weighted by molar-refractivity contribution is 4.64. The average molecular weight is 173 g/mol. The molecule has 1 saturated heterocycles. The lowest BCUT2D eigenvalue weighted by atomic mass is 10.0. The van der Waals surface area contributed by atoms with Crippen LogP contribution in [0.1, 0.15) is 33.1 Å². The summed E-state index contributed by atoms with van der Waals surface area (Å²) in [5.74, 6) is 0.865. The van der Waals surface area contributed by atoms with Crippen molar-refractivity contribution in [3.63, 3.8) is 0 Å². The van der Waals surface area contributed by atoms with E-state index in [-0.39, 0.29) is 0 Å². The van der Waals surface area contributed by atoms with E-state index in [0.29, 0.717) is 0 Å². The fraction of sp³-hybridized carbons (Fsp3) is 1.00. The Morgan fingerprint density at radius 3 is 2.17 bits per heavy atom. The van der Waals surface area contributed by atoms with Gasteiger partial charge in [-0.15, -0.1) is 0 Å². The van der Waals surface area contributed by atoms with Gasteiger partial charge in [-0.25, -0.2) is 0 Å². The first-order chi connectivity index (χ1) is 5.85. The van der Waals surface area contributed by atoms with Crippen LogP contribution in [-0.4, -0.2) is 26.8 Å². The maximum absolute atomic E-state index is 5.22. The van der Waals surface area contributed by atoms with E-state index in [4.69, 9.17) is 4.74 Å². The monoisotopic (exact) mass is 173 g/mol. The third-order valence-electron chi connectivity index (χ3n) is 1.83. The van der Waals surface area contributed by atoms with E-state index >= 15 is 0 Å². The van der Waals surface area contributed by atoms with Gasteiger partial charge in [0.1, 0.15) is 0 Å². The zero-order valence-corrected chi connectivity index (χ0v) is 8.73. The summed E-state index contributed by atoms with van der Waals surface area (Å²) in [5, 5.41) is 3.18. The molecule has 0 saturated carbocycles. The van der Waals surface area contributed by atoms with Gasteiger partial charge in [0.05, 0.1) is 0 Å². The summed E-state index contributed by atoms with van der Waals surface area (Å²) in [6.45, 7) is 7.34. The first kappa shape index (κ1) is 11.9. The lowest BCUT2D eigenvalue weighted by Gasteiger charge is -2.21. The van der Waals surface area contributed by atoms with Crippen molar-refractivity contribution in [2.75, 3.05) is 26.8 Å². The Labute approximate surface area is 76.7 Å². The highest BCUT2D eigenvalue weighted by Gasteiger charge is 2.11. The van der Waals surface area contributed by atoms with E-state index < -0.39 is 0 Å². The van der Waals surface area contributed by atoms with Crippen LogP contribution < -0.4 is 5.32 Å². The maximum atomic E-state index is 5.22. The van der Waals surface area contributed by atoms with Crippen molar-refractivity contribution in [1.82, 2.24) is 5.32 Å². The molecule has 0 spiro atoms. The number of nitrogens with one attached hydrogen (secondary N) is 1. The van der Waals surface area contributed by atoms with Gasteiger partial charge in [-0.2, -0.15) is 0 Å². The Morgan fingerprint density at radius 2 is 1.75 bits per heavy atom. The molecule has 0 radical (unpaired) electrons. The van der Waals surface area contributed by atoms with E-state index in [0.717, 1.165) is 25.7 Å². The van der Waals surface area contributed by atoms with Gasteiger partial charge >= 0.3 is 0 Å². The third kappa shape index (κ3) is 6.62. The quantitative estimate of drug-likeness (QED) is 0.690. The van der Waals surface area contributed by atoms with Crippen LogP contribution >= 0.6 is 0 Å². The van der Waals surface area contributed by atoms with Crippen molar-refractivity contribution < 1.29 is 4.74 Å². The lowest BCUT2D eigenvalue weighted by Crippen LogP contribution is -2.25. The van der Waals surface area contributed by atoms with E-state index in [1.54, 1.807) is 0 Å². The Balaban J connectivity index is 0.000000354. The van der Waals surface area contributed by atoms with Crippen LogP contribution in [-0.2, 0) is 4.74 Å². The molecule has 0 aromatic heterocycles. The SMILES string of the molecule is CCC.CNCC1CCOCC1. The second-order valence-corrected chi connectivity index (χ2v) is 3.32. The summed E-state index contributed by atoms with van der Waals surface area (Å²) in [5.41, 5.74) is 0. The van der Waals surface area contributed by atoms with Gasteiger partial charge in [-0.05, 0) is 32.4 Å². The molecule has 0 aromatic rings. The molecule has 1 aliphatic heterocycles. The van der Waals surface area contributed by atoms with Gasteiger partial charge < -0.3 is 10.1 Å². The molecule has 0 bridgehead atoms. The van der Waals surface area contributed by atoms with E-state index in [9.17, 15) is 0 Å². The molecule has 1 fully saturated rings. The Morgan fingerprint density at radius 1 is 1.25 bits per heavy atom. The molecular weight excluding hydrogens is 150 g/mol. The number of ether oxygens (including phenoxy) is 1. The standard InChI is InChI=1S/C7H15NO.C3H8/c1-8-6-7-2-4-9-5-3-7;1-3-2/h7-8H,2-6H2,1H3;3H2,1-2H3. The summed E-state index contributed by atoms with van der Waals surface area (Å²) in [4.78, 5) is 0. The van der Waals surface area contributed by atoms with Crippen LogP contribution in [0.25, 0.3) is 0 Å². The van der Waals surface area contributed by atoms with Crippen molar-refractivity contribution in [2.24, 2.45) is 5.92 Å². The summed E-state index contributed by atoms with van der Waals surface area (Å²) < 4.78 is 5.22. The predicted molar refractivity (Wildman–Crippen MR) is 53.4 cm³/mol. The number of hydrogen-bond donors (Lipinski definition) is 1. The maximum Gasteiger partial charge on any atom is 0.0469 e. The first-order valence-electron chi connectivity index (χ1n) is 5.07. The van der Waals surface area contributed by atoms with Gasteiger partial charge in [0.25, 0.3) is 0 Å². The predicted octanol–water partition coefficient (Wildman–Crippen LogP) is 2.05. The van der Waals surface area contributed by atoms with Crippen LogP contribution in [0.4, 0.5) is 0 Å². The highest BCUT2D eigenvalue weighted by Crippen LogP contribution is 2.12.